The first-order valence-corrected chi connectivity index (χ1v) is 14.0. The van der Waals surface area contributed by atoms with Crippen molar-refractivity contribution < 1.29 is 31.5 Å². The van der Waals surface area contributed by atoms with Crippen LogP contribution in [0.5, 0.6) is 0 Å². The van der Waals surface area contributed by atoms with Crippen LogP contribution in [-0.4, -0.2) is 53.2 Å². The van der Waals surface area contributed by atoms with Gasteiger partial charge < -0.3 is 16.4 Å². The van der Waals surface area contributed by atoms with Crippen LogP contribution in [0.3, 0.4) is 0 Å². The summed E-state index contributed by atoms with van der Waals surface area (Å²) in [6, 6.07) is 11.9. The average Bonchev–Trinajstić information content (AvgIpc) is 3.84. The maximum atomic E-state index is 13.4. The molecule has 5 N–H and O–H groups in total. The number of rotatable bonds is 11. The van der Waals surface area contributed by atoms with Crippen molar-refractivity contribution in [2.75, 3.05) is 20.6 Å². The fourth-order valence-electron chi connectivity index (χ4n) is 3.82. The molecule has 0 bridgehead atoms. The molecule has 0 aromatic heterocycles. The van der Waals surface area contributed by atoms with Crippen molar-refractivity contribution >= 4 is 31.6 Å². The quantitative estimate of drug-likeness (QED) is 0.0524. The van der Waals surface area contributed by atoms with Gasteiger partial charge in [-0.2, -0.15) is 22.0 Å². The van der Waals surface area contributed by atoms with E-state index >= 15 is 0 Å². The number of alkyl halides is 5. The van der Waals surface area contributed by atoms with Gasteiger partial charge in [0.1, 0.15) is 0 Å². The third kappa shape index (κ3) is 15.6. The summed E-state index contributed by atoms with van der Waals surface area (Å²) < 4.78 is 65.3. The van der Waals surface area contributed by atoms with E-state index in [4.69, 9.17) is 22.8 Å². The van der Waals surface area contributed by atoms with Gasteiger partial charge in [0.05, 0.1) is 12.1 Å². The number of benzene rings is 2. The molecule has 1 radical (unpaired) electrons. The number of terminal acetylenes is 1. The van der Waals surface area contributed by atoms with Gasteiger partial charge in [-0.15, -0.1) is 6.42 Å². The van der Waals surface area contributed by atoms with Crippen LogP contribution < -0.4 is 21.7 Å². The van der Waals surface area contributed by atoms with Gasteiger partial charge in [-0.1, -0.05) is 24.5 Å². The molecule has 0 aliphatic heterocycles. The number of allylic oxidation sites excluding steroid dienone is 3. The minimum atomic E-state index is -4.51. The van der Waals surface area contributed by atoms with E-state index < -0.39 is 23.8 Å². The molecule has 45 heavy (non-hydrogen) atoms. The van der Waals surface area contributed by atoms with Gasteiger partial charge in [0.25, 0.3) is 0 Å². The summed E-state index contributed by atoms with van der Waals surface area (Å²) in [4.78, 5) is 17.6. The third-order valence-corrected chi connectivity index (χ3v) is 6.47. The van der Waals surface area contributed by atoms with Crippen molar-refractivity contribution in [2.24, 2.45) is 5.73 Å². The van der Waals surface area contributed by atoms with Crippen molar-refractivity contribution in [2.45, 2.75) is 57.9 Å². The normalized spacial score (nSPS) is 13.4. The monoisotopic (exact) mass is 631 g/mol. The van der Waals surface area contributed by atoms with E-state index in [1.807, 2.05) is 37.5 Å². The van der Waals surface area contributed by atoms with E-state index in [1.54, 1.807) is 32.1 Å². The molecule has 2 aromatic rings. The number of carbonyl (C=O) groups excluding carboxylic acids is 2. The molecular weight excluding hydrogens is 590 g/mol. The molecule has 1 aliphatic carbocycles. The number of hydrogen-bond acceptors (Lipinski definition) is 6. The van der Waals surface area contributed by atoms with Crippen molar-refractivity contribution in [3.05, 3.63) is 88.1 Å². The Morgan fingerprint density at radius 2 is 1.73 bits per heavy atom. The Kier molecular flexibility index (Phi) is 19.8. The fourth-order valence-corrected chi connectivity index (χ4v) is 3.82. The summed E-state index contributed by atoms with van der Waals surface area (Å²) in [5.74, 6) is 3.84. The molecule has 0 saturated heterocycles. The second-order valence-corrected chi connectivity index (χ2v) is 9.62. The predicted molar refractivity (Wildman–Crippen MR) is 173 cm³/mol. The molecule has 0 spiro atoms. The SMILES string of the molecule is C#CCN.CCC(C)=C/C(=C\NC(F)F)c1cc(C(F)(F)F)cc(C2(NC)CC2)c1.O=CC=O.[B]=Cc1ccccc1CNC. The molecule has 6 nitrogen and oxygen atoms in total. The molecular formula is C33H41BF5N4O2. The van der Waals surface area contributed by atoms with E-state index in [1.165, 1.54) is 5.56 Å². The topological polar surface area (TPSA) is 96.2 Å². The van der Waals surface area contributed by atoms with Crippen LogP contribution in [0, 0.1) is 12.3 Å². The van der Waals surface area contributed by atoms with Crippen molar-refractivity contribution in [3.8, 4) is 12.3 Å². The van der Waals surface area contributed by atoms with Crippen molar-refractivity contribution in [1.82, 2.24) is 16.0 Å². The Balaban J connectivity index is 0.000000832. The molecule has 0 unspecified atom stereocenters. The second kappa shape index (κ2) is 21.7. The molecule has 1 fully saturated rings. The Bertz CT molecular complexity index is 1310. The number of nitrogens with one attached hydrogen (secondary N) is 3. The van der Waals surface area contributed by atoms with E-state index in [-0.39, 0.29) is 18.1 Å². The first kappa shape index (κ1) is 41.1. The zero-order valence-electron chi connectivity index (χ0n) is 26.0. The van der Waals surface area contributed by atoms with Gasteiger partial charge >= 0.3 is 80.5 Å². The zero-order valence-corrected chi connectivity index (χ0v) is 26.0. The van der Waals surface area contributed by atoms with Gasteiger partial charge in [-0.05, 0) is 68.1 Å². The Labute approximate surface area is 263 Å². The number of carbonyl (C=O) groups is 2. The molecule has 0 heterocycles. The number of hydrogen-bond donors (Lipinski definition) is 4. The molecule has 243 valence electrons. The van der Waals surface area contributed by atoms with E-state index in [0.717, 1.165) is 48.9 Å². The molecule has 2 aromatic carbocycles. The summed E-state index contributed by atoms with van der Waals surface area (Å²) in [5.41, 5.74) is 7.83. The number of aldehydes is 2. The van der Waals surface area contributed by atoms with Crippen LogP contribution in [0.15, 0.2) is 60.3 Å². The van der Waals surface area contributed by atoms with Gasteiger partial charge in [0, 0.05) is 11.7 Å². The van der Waals surface area contributed by atoms with Crippen LogP contribution in [0.2, 0.25) is 0 Å². The van der Waals surface area contributed by atoms with E-state index in [9.17, 15) is 22.0 Å². The Morgan fingerprint density at radius 1 is 1.13 bits per heavy atom. The standard InChI is InChI=1S/C19H23F5N2.C9H11BN.C3H5N.C2H2O2/c1-4-12(2)7-14(11-26-17(20)21)13-8-15(18(25-3)5-6-18)10-16(9-13)19(22,23)24;1-11-7-9-5-3-2-4-8(9)6-10;1-2-3-4;3-1-2-4/h7-11,17,25-26H,4-6H2,1-3H3;2-6,11H,7H2,1H3;1H,3-4H2;1-2H/b12-7?,14-11+;;;. The van der Waals surface area contributed by atoms with Crippen LogP contribution in [0.1, 0.15) is 60.9 Å². The van der Waals surface area contributed by atoms with Crippen LogP contribution >= 0.6 is 0 Å². The molecule has 12 heteroatoms. The molecule has 3 rings (SSSR count). The zero-order chi connectivity index (χ0) is 34.5. The summed E-state index contributed by atoms with van der Waals surface area (Å²) in [6.07, 6.45) is 5.37. The van der Waals surface area contributed by atoms with Crippen LogP contribution in [0.25, 0.3) is 5.57 Å². The molecule has 1 saturated carbocycles. The molecule has 1 aliphatic rings. The fraction of sp³-hybridized carbons (Fsp3) is 0.364. The maximum absolute atomic E-state index is 13.4. The minimum absolute atomic E-state index is 0.194. The average molecular weight is 632 g/mol. The van der Waals surface area contributed by atoms with E-state index in [2.05, 4.69) is 29.0 Å². The van der Waals surface area contributed by atoms with Gasteiger partial charge in [0.15, 0.2) is 12.6 Å². The number of halogens is 5. The van der Waals surface area contributed by atoms with Gasteiger partial charge in [0.2, 0.25) is 0 Å². The van der Waals surface area contributed by atoms with E-state index in [0.29, 0.717) is 24.1 Å². The summed E-state index contributed by atoms with van der Waals surface area (Å²) in [6.45, 7) is 2.12. The van der Waals surface area contributed by atoms with Crippen molar-refractivity contribution in [3.63, 3.8) is 0 Å². The summed E-state index contributed by atoms with van der Waals surface area (Å²) in [5, 5.41) is 8.04. The predicted octanol–water partition coefficient (Wildman–Crippen LogP) is 5.11. The van der Waals surface area contributed by atoms with Gasteiger partial charge in [-0.3, -0.25) is 9.59 Å². The third-order valence-electron chi connectivity index (χ3n) is 6.47. The number of nitrogens with two attached hydrogens (primary N) is 1. The second-order valence-electron chi connectivity index (χ2n) is 9.62. The molecule has 0 atom stereocenters. The Hall–Kier alpha value is -3.92. The van der Waals surface area contributed by atoms with Gasteiger partial charge in [-0.25, -0.2) is 0 Å². The summed E-state index contributed by atoms with van der Waals surface area (Å²) in [7, 11) is 9.06. The van der Waals surface area contributed by atoms with Crippen LogP contribution in [0.4, 0.5) is 22.0 Å². The summed E-state index contributed by atoms with van der Waals surface area (Å²) >= 11 is 0. The molecule has 0 amide bonds. The first-order valence-electron chi connectivity index (χ1n) is 14.0. The Morgan fingerprint density at radius 3 is 2.16 bits per heavy atom. The van der Waals surface area contributed by atoms with Crippen LogP contribution in [-0.2, 0) is 27.8 Å². The first-order chi connectivity index (χ1) is 21.3. The van der Waals surface area contributed by atoms with Crippen molar-refractivity contribution in [1.29, 1.82) is 0 Å².